The summed E-state index contributed by atoms with van der Waals surface area (Å²) in [7, 11) is 0. The van der Waals surface area contributed by atoms with Gasteiger partial charge in [0.25, 0.3) is 0 Å². The molecule has 0 aromatic carbocycles. The molecule has 0 aliphatic heterocycles. The average molecular weight is 296 g/mol. The van der Waals surface area contributed by atoms with Gasteiger partial charge in [-0.25, -0.2) is 4.79 Å². The van der Waals surface area contributed by atoms with Crippen molar-refractivity contribution in [1.29, 1.82) is 0 Å². The van der Waals surface area contributed by atoms with E-state index in [-0.39, 0.29) is 11.9 Å². The first-order valence-corrected chi connectivity index (χ1v) is 8.22. The highest BCUT2D eigenvalue weighted by molar-refractivity contribution is 5.89. The molecule has 0 aromatic rings. The first-order chi connectivity index (χ1) is 10.2. The highest BCUT2D eigenvalue weighted by Gasteiger charge is 2.18. The van der Waals surface area contributed by atoms with E-state index in [2.05, 4.69) is 0 Å². The summed E-state index contributed by atoms with van der Waals surface area (Å²) in [5.74, 6) is -0.313. The monoisotopic (exact) mass is 296 g/mol. The number of allylic oxidation sites excluding steroid dienone is 1. The van der Waals surface area contributed by atoms with Crippen molar-refractivity contribution in [2.75, 3.05) is 13.2 Å². The molecule has 120 valence electrons. The Bertz CT molecular complexity index is 371. The van der Waals surface area contributed by atoms with Crippen LogP contribution < -0.4 is 0 Å². The van der Waals surface area contributed by atoms with Gasteiger partial charge < -0.3 is 9.47 Å². The smallest absolute Gasteiger partial charge is 0.333 e. The lowest BCUT2D eigenvalue weighted by Crippen LogP contribution is -2.12. The lowest BCUT2D eigenvalue weighted by molar-refractivity contribution is -0.143. The van der Waals surface area contributed by atoms with Crippen molar-refractivity contribution in [2.45, 2.75) is 71.6 Å². The normalized spacial score (nSPS) is 19.5. The molecule has 0 unspecified atom stereocenters. The maximum Gasteiger partial charge on any atom is 0.333 e. The molecule has 0 spiro atoms. The molecule has 1 aliphatic carbocycles. The van der Waals surface area contributed by atoms with Crippen LogP contribution in [0.2, 0.25) is 0 Å². The van der Waals surface area contributed by atoms with Crippen LogP contribution in [0.3, 0.4) is 0 Å². The van der Waals surface area contributed by atoms with Gasteiger partial charge in [0.1, 0.15) is 0 Å². The fourth-order valence-electron chi connectivity index (χ4n) is 2.74. The highest BCUT2D eigenvalue weighted by Crippen LogP contribution is 2.27. The maximum atomic E-state index is 12.1. The molecule has 0 heterocycles. The zero-order chi connectivity index (χ0) is 15.5. The summed E-state index contributed by atoms with van der Waals surface area (Å²) in [6.45, 7) is 4.49. The molecule has 0 aromatic heterocycles. The van der Waals surface area contributed by atoms with E-state index in [0.717, 1.165) is 44.1 Å². The second-order valence-corrected chi connectivity index (χ2v) is 5.38. The molecule has 0 saturated heterocycles. The topological polar surface area (TPSA) is 52.6 Å². The van der Waals surface area contributed by atoms with Gasteiger partial charge in [0.2, 0.25) is 0 Å². The molecule has 1 aliphatic rings. The molecule has 0 saturated carbocycles. The molecular weight excluding hydrogens is 268 g/mol. The number of carbonyl (C=O) groups is 2. The quantitative estimate of drug-likeness (QED) is 0.668. The number of hydrogen-bond acceptors (Lipinski definition) is 4. The average Bonchev–Trinajstić information content (AvgIpc) is 2.41. The van der Waals surface area contributed by atoms with E-state index in [9.17, 15) is 9.59 Å². The molecule has 1 rings (SSSR count). The van der Waals surface area contributed by atoms with Crippen LogP contribution in [-0.2, 0) is 19.1 Å². The van der Waals surface area contributed by atoms with Gasteiger partial charge in [-0.15, -0.1) is 0 Å². The van der Waals surface area contributed by atoms with Gasteiger partial charge in [-0.1, -0.05) is 18.4 Å². The second kappa shape index (κ2) is 10.4. The fraction of sp³-hybridized carbons (Fsp3) is 0.765. The molecule has 0 fully saturated rings. The maximum absolute atomic E-state index is 12.1. The summed E-state index contributed by atoms with van der Waals surface area (Å²) in [6, 6.07) is 0. The van der Waals surface area contributed by atoms with Crippen LogP contribution in [-0.4, -0.2) is 25.2 Å². The van der Waals surface area contributed by atoms with Crippen molar-refractivity contribution in [3.8, 4) is 0 Å². The Hall–Kier alpha value is -1.32. The lowest BCUT2D eigenvalue weighted by Gasteiger charge is -2.17. The largest absolute Gasteiger partial charge is 0.466 e. The number of rotatable bonds is 7. The number of carbonyl (C=O) groups excluding carboxylic acids is 2. The molecule has 4 heteroatoms. The summed E-state index contributed by atoms with van der Waals surface area (Å²) in [4.78, 5) is 23.5. The van der Waals surface area contributed by atoms with E-state index in [1.807, 2.05) is 13.8 Å². The number of hydrogen-bond donors (Lipinski definition) is 0. The van der Waals surface area contributed by atoms with Crippen molar-refractivity contribution in [2.24, 2.45) is 0 Å². The lowest BCUT2D eigenvalue weighted by atomic mass is 9.90. The van der Waals surface area contributed by atoms with E-state index in [1.54, 1.807) is 0 Å². The standard InChI is InChI=1S/C17H28O4/c1-3-20-16(18)13-9-11-14-10-7-5-6-8-12-15(14)17(19)21-4-2/h3-13H2,1-2H3/b15-14-. The molecule has 0 radical (unpaired) electrons. The molecular formula is C17H28O4. The van der Waals surface area contributed by atoms with Gasteiger partial charge in [0, 0.05) is 12.0 Å². The molecule has 4 nitrogen and oxygen atoms in total. The van der Waals surface area contributed by atoms with Crippen LogP contribution in [0.15, 0.2) is 11.1 Å². The summed E-state index contributed by atoms with van der Waals surface area (Å²) in [6.07, 6.45) is 8.31. The Balaban J connectivity index is 2.65. The SMILES string of the molecule is CCOC(=O)CCC/C1=C(\C(=O)OCC)CCCCCC1. The fourth-order valence-corrected chi connectivity index (χ4v) is 2.74. The number of ether oxygens (including phenoxy) is 2. The van der Waals surface area contributed by atoms with E-state index in [1.165, 1.54) is 18.4 Å². The molecule has 0 atom stereocenters. The van der Waals surface area contributed by atoms with Crippen molar-refractivity contribution in [1.82, 2.24) is 0 Å². The summed E-state index contributed by atoms with van der Waals surface area (Å²) >= 11 is 0. The van der Waals surface area contributed by atoms with E-state index in [4.69, 9.17) is 9.47 Å². The molecule has 0 bridgehead atoms. The molecule has 0 amide bonds. The van der Waals surface area contributed by atoms with Crippen molar-refractivity contribution < 1.29 is 19.1 Å². The third-order valence-electron chi connectivity index (χ3n) is 3.77. The Morgan fingerprint density at radius 1 is 0.952 bits per heavy atom. The third kappa shape index (κ3) is 6.78. The minimum atomic E-state index is -0.162. The second-order valence-electron chi connectivity index (χ2n) is 5.38. The Morgan fingerprint density at radius 3 is 2.29 bits per heavy atom. The van der Waals surface area contributed by atoms with Crippen LogP contribution in [0.1, 0.15) is 71.6 Å². The molecule has 0 N–H and O–H groups in total. The summed E-state index contributed by atoms with van der Waals surface area (Å²) < 4.78 is 10.1. The van der Waals surface area contributed by atoms with Crippen LogP contribution in [0, 0.1) is 0 Å². The van der Waals surface area contributed by atoms with Gasteiger partial charge in [-0.05, 0) is 52.4 Å². The van der Waals surface area contributed by atoms with E-state index >= 15 is 0 Å². The van der Waals surface area contributed by atoms with Gasteiger partial charge in [0.15, 0.2) is 0 Å². The zero-order valence-electron chi connectivity index (χ0n) is 13.4. The molecule has 21 heavy (non-hydrogen) atoms. The first-order valence-electron chi connectivity index (χ1n) is 8.22. The van der Waals surface area contributed by atoms with Crippen molar-refractivity contribution >= 4 is 11.9 Å². The van der Waals surface area contributed by atoms with Crippen LogP contribution in [0.5, 0.6) is 0 Å². The Morgan fingerprint density at radius 2 is 1.62 bits per heavy atom. The summed E-state index contributed by atoms with van der Waals surface area (Å²) in [5.41, 5.74) is 2.05. The van der Waals surface area contributed by atoms with Gasteiger partial charge in [0.05, 0.1) is 13.2 Å². The highest BCUT2D eigenvalue weighted by atomic mass is 16.5. The predicted octanol–water partition coefficient (Wildman–Crippen LogP) is 3.93. The predicted molar refractivity (Wildman–Crippen MR) is 81.8 cm³/mol. The number of esters is 2. The van der Waals surface area contributed by atoms with Crippen LogP contribution in [0.4, 0.5) is 0 Å². The van der Waals surface area contributed by atoms with Crippen LogP contribution >= 0.6 is 0 Å². The third-order valence-corrected chi connectivity index (χ3v) is 3.77. The van der Waals surface area contributed by atoms with E-state index in [0.29, 0.717) is 19.6 Å². The Kier molecular flexibility index (Phi) is 8.79. The minimum absolute atomic E-state index is 0.151. The minimum Gasteiger partial charge on any atom is -0.466 e. The van der Waals surface area contributed by atoms with Crippen LogP contribution in [0.25, 0.3) is 0 Å². The van der Waals surface area contributed by atoms with Gasteiger partial charge in [-0.2, -0.15) is 0 Å². The first kappa shape index (κ1) is 17.7. The van der Waals surface area contributed by atoms with Crippen molar-refractivity contribution in [3.63, 3.8) is 0 Å². The Labute approximate surface area is 127 Å². The van der Waals surface area contributed by atoms with Gasteiger partial charge >= 0.3 is 11.9 Å². The van der Waals surface area contributed by atoms with Crippen molar-refractivity contribution in [3.05, 3.63) is 11.1 Å². The van der Waals surface area contributed by atoms with E-state index < -0.39 is 0 Å². The van der Waals surface area contributed by atoms with Gasteiger partial charge in [-0.3, -0.25) is 4.79 Å². The summed E-state index contributed by atoms with van der Waals surface area (Å²) in [5, 5.41) is 0. The zero-order valence-corrected chi connectivity index (χ0v) is 13.4.